The summed E-state index contributed by atoms with van der Waals surface area (Å²) in [6, 6.07) is 6.88. The van der Waals surface area contributed by atoms with Crippen molar-refractivity contribution < 1.29 is 38.7 Å². The summed E-state index contributed by atoms with van der Waals surface area (Å²) in [5, 5.41) is 25.2. The molecular weight excluding hydrogens is 463 g/mol. The van der Waals surface area contributed by atoms with Crippen molar-refractivity contribution in [3.05, 3.63) is 29.3 Å². The quantitative estimate of drug-likeness (QED) is 0.292. The van der Waals surface area contributed by atoms with Crippen LogP contribution in [0.1, 0.15) is 71.6 Å². The molecule has 3 atom stereocenters. The molecule has 0 saturated carbocycles. The largest absolute Gasteiger partial charge is 0.485 e. The molecule has 3 unspecified atom stereocenters. The van der Waals surface area contributed by atoms with Crippen molar-refractivity contribution in [3.8, 4) is 11.8 Å². The molecule has 11 heteroatoms. The van der Waals surface area contributed by atoms with Crippen LogP contribution in [0.2, 0.25) is 0 Å². The van der Waals surface area contributed by atoms with Crippen molar-refractivity contribution in [1.29, 1.82) is 5.26 Å². The Morgan fingerprint density at radius 3 is 2.41 bits per heavy atom. The third kappa shape index (κ3) is 5.69. The molecule has 2 heterocycles. The number of nitrogens with zero attached hydrogens (tertiary/aromatic N) is 2. The maximum Gasteiger partial charge on any atom is 0.360 e. The first kappa shape index (κ1) is 28.4. The van der Waals surface area contributed by atoms with Gasteiger partial charge in [0.05, 0.1) is 23.3 Å². The fourth-order valence-electron chi connectivity index (χ4n) is 4.11. The summed E-state index contributed by atoms with van der Waals surface area (Å²) in [6.07, 6.45) is 0.583. The zero-order valence-electron chi connectivity index (χ0n) is 20.7. The summed E-state index contributed by atoms with van der Waals surface area (Å²) in [5.74, 6) is 0.634. The number of fused-ring (bicyclic) bond motifs is 1. The molecule has 0 bridgehead atoms. The maximum absolute atomic E-state index is 12.8. The molecule has 0 aliphatic carbocycles. The zero-order chi connectivity index (χ0) is 25.9. The number of aliphatic hydroxyl groups is 1. The summed E-state index contributed by atoms with van der Waals surface area (Å²) in [7, 11) is -1.51. The van der Waals surface area contributed by atoms with Gasteiger partial charge in [0.2, 0.25) is 5.91 Å². The molecule has 2 aliphatic heterocycles. The summed E-state index contributed by atoms with van der Waals surface area (Å²) in [6.45, 7) is 11.4. The van der Waals surface area contributed by atoms with Gasteiger partial charge < -0.3 is 28.9 Å². The first-order valence-electron chi connectivity index (χ1n) is 11.0. The van der Waals surface area contributed by atoms with Crippen LogP contribution in [-0.2, 0) is 18.7 Å². The molecule has 0 spiro atoms. The van der Waals surface area contributed by atoms with Gasteiger partial charge in [0.15, 0.2) is 0 Å². The van der Waals surface area contributed by atoms with Gasteiger partial charge in [0.1, 0.15) is 23.1 Å². The maximum atomic E-state index is 12.8. The number of nitriles is 1. The topological polar surface area (TPSA) is 142 Å². The Hall–Kier alpha value is -1.83. The second-order valence-electron chi connectivity index (χ2n) is 9.68. The second-order valence-corrected chi connectivity index (χ2v) is 10.5. The van der Waals surface area contributed by atoms with Gasteiger partial charge in [-0.15, -0.1) is 0 Å². The number of carbonyl (C=O) groups excluding carboxylic acids is 1. The molecule has 1 fully saturated rings. The van der Waals surface area contributed by atoms with Crippen LogP contribution in [0.5, 0.6) is 5.75 Å². The Labute approximate surface area is 201 Å². The van der Waals surface area contributed by atoms with E-state index in [2.05, 4.69) is 10.7 Å². The third-order valence-corrected chi connectivity index (χ3v) is 7.25. The van der Waals surface area contributed by atoms with Gasteiger partial charge in [-0.05, 0) is 66.2 Å². The monoisotopic (exact) mass is 498 g/mol. The van der Waals surface area contributed by atoms with Crippen LogP contribution >= 0.6 is 8.60 Å². The molecule has 3 rings (SSSR count). The van der Waals surface area contributed by atoms with Gasteiger partial charge >= 0.3 is 8.60 Å². The van der Waals surface area contributed by atoms with Crippen molar-refractivity contribution in [2.75, 3.05) is 13.7 Å². The summed E-state index contributed by atoms with van der Waals surface area (Å²) < 4.78 is 22.4. The fraction of sp³-hybridized carbons (Fsp3) is 0.652. The molecule has 1 aromatic rings. The van der Waals surface area contributed by atoms with E-state index in [1.165, 1.54) is 0 Å². The van der Waals surface area contributed by atoms with Gasteiger partial charge in [-0.2, -0.15) is 9.94 Å². The van der Waals surface area contributed by atoms with Gasteiger partial charge in [-0.25, -0.2) is 5.26 Å². The summed E-state index contributed by atoms with van der Waals surface area (Å²) in [4.78, 5) is 24.3. The van der Waals surface area contributed by atoms with Crippen LogP contribution < -0.4 is 4.74 Å². The van der Waals surface area contributed by atoms with Crippen molar-refractivity contribution in [2.45, 2.75) is 83.3 Å². The van der Waals surface area contributed by atoms with Crippen LogP contribution in [0, 0.1) is 11.3 Å². The summed E-state index contributed by atoms with van der Waals surface area (Å²) in [5.41, 5.74) is -1.73. The van der Waals surface area contributed by atoms with E-state index in [1.54, 1.807) is 50.8 Å². The molecular formula is C23H35N2O8P. The van der Waals surface area contributed by atoms with E-state index in [0.29, 0.717) is 24.3 Å². The molecule has 10 nitrogen and oxygen atoms in total. The van der Waals surface area contributed by atoms with Crippen LogP contribution in [0.15, 0.2) is 18.2 Å². The first-order valence-corrected chi connectivity index (χ1v) is 12.1. The van der Waals surface area contributed by atoms with E-state index in [0.717, 1.165) is 19.1 Å². The number of likely N-dealkylation sites (tertiary alicyclic amines) is 1. The van der Waals surface area contributed by atoms with E-state index in [1.807, 2.05) is 13.8 Å². The van der Waals surface area contributed by atoms with Crippen molar-refractivity contribution in [1.82, 2.24) is 4.90 Å². The van der Waals surface area contributed by atoms with E-state index < -0.39 is 37.6 Å². The molecule has 34 heavy (non-hydrogen) atoms. The molecule has 0 aromatic heterocycles. The lowest BCUT2D eigenvalue weighted by Gasteiger charge is -2.52. The number of benzene rings is 1. The Morgan fingerprint density at radius 2 is 1.88 bits per heavy atom. The van der Waals surface area contributed by atoms with E-state index in [4.69, 9.17) is 24.4 Å². The van der Waals surface area contributed by atoms with Gasteiger partial charge in [0, 0.05) is 25.6 Å². The zero-order valence-corrected chi connectivity index (χ0v) is 21.6. The molecule has 1 amide bonds. The lowest BCUT2D eigenvalue weighted by molar-refractivity contribution is -0.230. The highest BCUT2D eigenvalue weighted by Crippen LogP contribution is 2.49. The standard InChI is InChI=1S/C22H31N2O7P.CH4O/c1-20(2)19(29-21(3,4)22(5,6)30-32(27)31-26)18(24-11-7-8-17(24)25)15-12-14(13-23)9-10-16(15)28-20;1-2/h9-10,12,18-19,26-27H,7-8,11H2,1-6H3;2H,1H3. The molecule has 1 saturated heterocycles. The number of hydrogen-bond acceptors (Lipinski definition) is 9. The van der Waals surface area contributed by atoms with E-state index in [9.17, 15) is 14.9 Å². The van der Waals surface area contributed by atoms with Crippen LogP contribution in [0.4, 0.5) is 0 Å². The number of rotatable bonds is 7. The Bertz CT molecular complexity index is 915. The fourth-order valence-corrected chi connectivity index (χ4v) is 4.75. The predicted molar refractivity (Wildman–Crippen MR) is 125 cm³/mol. The molecule has 0 radical (unpaired) electrons. The van der Waals surface area contributed by atoms with Crippen LogP contribution in [-0.4, -0.2) is 62.6 Å². The number of aliphatic hydroxyl groups excluding tert-OH is 1. The highest BCUT2D eigenvalue weighted by Gasteiger charge is 2.53. The van der Waals surface area contributed by atoms with Gasteiger partial charge in [-0.1, -0.05) is 0 Å². The highest BCUT2D eigenvalue weighted by molar-refractivity contribution is 7.40. The second kappa shape index (κ2) is 10.8. The Kier molecular flexibility index (Phi) is 9.05. The predicted octanol–water partition coefficient (Wildman–Crippen LogP) is 3.67. The van der Waals surface area contributed by atoms with Crippen LogP contribution in [0.25, 0.3) is 0 Å². The number of hydrogen-bond donors (Lipinski definition) is 3. The van der Waals surface area contributed by atoms with E-state index in [-0.39, 0.29) is 5.91 Å². The SMILES string of the molecule is CC1(C)Oc2ccc(C#N)cc2C(N2CCCC2=O)C1OC(C)(C)C(C)(C)OP(O)OO.CO. The minimum Gasteiger partial charge on any atom is -0.485 e. The third-order valence-electron chi connectivity index (χ3n) is 6.50. The molecule has 1 aromatic carbocycles. The normalized spacial score (nSPS) is 22.7. The minimum atomic E-state index is -2.51. The summed E-state index contributed by atoms with van der Waals surface area (Å²) >= 11 is 0. The molecule has 2 aliphatic rings. The highest BCUT2D eigenvalue weighted by atomic mass is 31.2. The minimum absolute atomic E-state index is 0.0236. The number of amides is 1. The average Bonchev–Trinajstić information content (AvgIpc) is 3.19. The molecule has 3 N–H and O–H groups in total. The van der Waals surface area contributed by atoms with E-state index >= 15 is 0 Å². The van der Waals surface area contributed by atoms with Gasteiger partial charge in [-0.3, -0.25) is 4.79 Å². The average molecular weight is 499 g/mol. The lowest BCUT2D eigenvalue weighted by Crippen LogP contribution is -2.60. The van der Waals surface area contributed by atoms with Crippen molar-refractivity contribution in [3.63, 3.8) is 0 Å². The Balaban J connectivity index is 0.00000199. The first-order chi connectivity index (χ1) is 15.8. The van der Waals surface area contributed by atoms with Crippen molar-refractivity contribution in [2.24, 2.45) is 0 Å². The van der Waals surface area contributed by atoms with Crippen molar-refractivity contribution >= 4 is 14.5 Å². The number of carbonyl (C=O) groups is 1. The smallest absolute Gasteiger partial charge is 0.360 e. The van der Waals surface area contributed by atoms with Crippen LogP contribution in [0.3, 0.4) is 0 Å². The number of ether oxygens (including phenoxy) is 2. The van der Waals surface area contributed by atoms with Gasteiger partial charge in [0.25, 0.3) is 0 Å². The molecule has 190 valence electrons. The lowest BCUT2D eigenvalue weighted by atomic mass is 9.82. The Morgan fingerprint density at radius 1 is 1.24 bits per heavy atom.